The molecule has 0 saturated heterocycles. The van der Waals surface area contributed by atoms with Crippen LogP contribution in [0.5, 0.6) is 5.75 Å². The predicted octanol–water partition coefficient (Wildman–Crippen LogP) is 3.13. The Bertz CT molecular complexity index is 484. The molecule has 0 saturated carbocycles. The molecule has 1 aromatic carbocycles. The first-order valence-electron chi connectivity index (χ1n) is 4.89. The van der Waals surface area contributed by atoms with Crippen molar-refractivity contribution in [2.24, 2.45) is 0 Å². The van der Waals surface area contributed by atoms with Crippen LogP contribution in [0.3, 0.4) is 0 Å². The minimum absolute atomic E-state index is 0.101. The maximum absolute atomic E-state index is 9.33. The number of hydrogen-bond acceptors (Lipinski definition) is 4. The number of halogens is 1. The lowest BCUT2D eigenvalue weighted by Gasteiger charge is -1.97. The molecule has 0 fully saturated rings. The topological polar surface area (TPSA) is 46.0 Å². The molecule has 0 aliphatic carbocycles. The van der Waals surface area contributed by atoms with Crippen molar-refractivity contribution in [3.63, 3.8) is 0 Å². The summed E-state index contributed by atoms with van der Waals surface area (Å²) < 4.78 is 0. The number of rotatable bonds is 3. The quantitative estimate of drug-likeness (QED) is 0.856. The first-order valence-corrected chi connectivity index (χ1v) is 6.14. The van der Waals surface area contributed by atoms with Gasteiger partial charge in [0.2, 0.25) is 0 Å². The number of nitrogens with zero attached hydrogens (tertiary/aromatic N) is 2. The van der Waals surface area contributed by atoms with Crippen LogP contribution in [-0.4, -0.2) is 15.3 Å². The van der Waals surface area contributed by atoms with E-state index in [1.165, 1.54) is 11.3 Å². The molecule has 3 nitrogen and oxygen atoms in total. The van der Waals surface area contributed by atoms with Gasteiger partial charge in [0.15, 0.2) is 0 Å². The molecular weight excluding hydrogens is 244 g/mol. The highest BCUT2D eigenvalue weighted by atomic mass is 35.5. The average molecular weight is 255 g/mol. The van der Waals surface area contributed by atoms with Gasteiger partial charge in [0.1, 0.15) is 15.8 Å². The summed E-state index contributed by atoms with van der Waals surface area (Å²) in [4.78, 5) is 0. The van der Waals surface area contributed by atoms with Crippen molar-refractivity contribution in [3.05, 3.63) is 39.8 Å². The molecule has 0 radical (unpaired) electrons. The van der Waals surface area contributed by atoms with Gasteiger partial charge in [-0.2, -0.15) is 0 Å². The second-order valence-corrected chi connectivity index (χ2v) is 5.25. The van der Waals surface area contributed by atoms with Crippen LogP contribution in [0.4, 0.5) is 0 Å². The third-order valence-electron chi connectivity index (χ3n) is 2.09. The Hall–Kier alpha value is -1.13. The minimum Gasteiger partial charge on any atom is -0.508 e. The molecule has 0 aliphatic heterocycles. The summed E-state index contributed by atoms with van der Waals surface area (Å²) in [7, 11) is 0. The van der Waals surface area contributed by atoms with Crippen molar-refractivity contribution >= 4 is 22.9 Å². The molecule has 1 atom stereocenters. The van der Waals surface area contributed by atoms with Gasteiger partial charge in [-0.25, -0.2) is 0 Å². The summed E-state index contributed by atoms with van der Waals surface area (Å²) in [5, 5.41) is 19.0. The van der Waals surface area contributed by atoms with Crippen LogP contribution in [0, 0.1) is 0 Å². The van der Waals surface area contributed by atoms with Crippen molar-refractivity contribution < 1.29 is 5.11 Å². The van der Waals surface area contributed by atoms with E-state index >= 15 is 0 Å². The zero-order valence-corrected chi connectivity index (χ0v) is 10.3. The average Bonchev–Trinajstić information content (AvgIpc) is 2.66. The lowest BCUT2D eigenvalue weighted by Crippen LogP contribution is -1.86. The van der Waals surface area contributed by atoms with E-state index in [0.717, 1.165) is 15.6 Å². The largest absolute Gasteiger partial charge is 0.508 e. The highest BCUT2D eigenvalue weighted by Crippen LogP contribution is 2.24. The predicted molar refractivity (Wildman–Crippen MR) is 65.1 cm³/mol. The summed E-state index contributed by atoms with van der Waals surface area (Å²) >= 11 is 7.42. The van der Waals surface area contributed by atoms with Crippen molar-refractivity contribution in [3.8, 4) is 5.75 Å². The van der Waals surface area contributed by atoms with E-state index in [9.17, 15) is 5.11 Å². The van der Waals surface area contributed by atoms with Crippen molar-refractivity contribution in [1.82, 2.24) is 10.2 Å². The molecule has 1 N–H and O–H groups in total. The van der Waals surface area contributed by atoms with Gasteiger partial charge in [-0.1, -0.05) is 23.5 Å². The molecule has 5 heteroatoms. The first-order chi connectivity index (χ1) is 7.65. The fraction of sp³-hybridized carbons (Fsp3) is 0.273. The van der Waals surface area contributed by atoms with Gasteiger partial charge in [-0.3, -0.25) is 0 Å². The third kappa shape index (κ3) is 2.71. The number of benzene rings is 1. The van der Waals surface area contributed by atoms with E-state index in [1.54, 1.807) is 12.1 Å². The zero-order valence-electron chi connectivity index (χ0n) is 8.72. The summed E-state index contributed by atoms with van der Waals surface area (Å²) in [6.07, 6.45) is 0.676. The van der Waals surface area contributed by atoms with Gasteiger partial charge in [0, 0.05) is 6.42 Å². The molecule has 1 heterocycles. The Balaban J connectivity index is 2.14. The molecule has 1 unspecified atom stereocenters. The smallest absolute Gasteiger partial charge is 0.135 e. The molecule has 0 bridgehead atoms. The second kappa shape index (κ2) is 4.80. The fourth-order valence-electron chi connectivity index (χ4n) is 1.34. The van der Waals surface area contributed by atoms with Gasteiger partial charge in [-0.15, -0.1) is 21.8 Å². The molecule has 0 spiro atoms. The summed E-state index contributed by atoms with van der Waals surface area (Å²) in [6.45, 7) is 1.88. The van der Waals surface area contributed by atoms with E-state index < -0.39 is 0 Å². The molecule has 84 valence electrons. The van der Waals surface area contributed by atoms with Crippen LogP contribution in [0.15, 0.2) is 24.3 Å². The van der Waals surface area contributed by atoms with Crippen LogP contribution in [0.25, 0.3) is 0 Å². The maximum atomic E-state index is 9.33. The van der Waals surface area contributed by atoms with Crippen molar-refractivity contribution in [1.29, 1.82) is 0 Å². The number of phenols is 1. The number of phenolic OH excluding ortho intramolecular Hbond substituents is 1. The van der Waals surface area contributed by atoms with Crippen LogP contribution in [0.2, 0.25) is 0 Å². The van der Waals surface area contributed by atoms with E-state index in [0.29, 0.717) is 6.42 Å². The summed E-state index contributed by atoms with van der Waals surface area (Å²) in [5.74, 6) is 0.271. The highest BCUT2D eigenvalue weighted by Gasteiger charge is 2.09. The number of alkyl halides is 1. The van der Waals surface area contributed by atoms with Crippen molar-refractivity contribution in [2.75, 3.05) is 0 Å². The lowest BCUT2D eigenvalue weighted by molar-refractivity contribution is 0.474. The Labute approximate surface area is 103 Å². The van der Waals surface area contributed by atoms with Gasteiger partial charge in [-0.05, 0) is 24.6 Å². The van der Waals surface area contributed by atoms with E-state index in [1.807, 2.05) is 19.1 Å². The number of hydrogen-bond donors (Lipinski definition) is 1. The van der Waals surface area contributed by atoms with Gasteiger partial charge in [0.25, 0.3) is 0 Å². The maximum Gasteiger partial charge on any atom is 0.135 e. The fourth-order valence-corrected chi connectivity index (χ4v) is 2.32. The van der Waals surface area contributed by atoms with Crippen LogP contribution in [-0.2, 0) is 6.42 Å². The molecule has 0 aliphatic rings. The Morgan fingerprint density at radius 3 is 2.88 bits per heavy atom. The summed E-state index contributed by atoms with van der Waals surface area (Å²) in [5.41, 5.74) is 1.02. The molecule has 2 rings (SSSR count). The van der Waals surface area contributed by atoms with E-state index in [2.05, 4.69) is 10.2 Å². The van der Waals surface area contributed by atoms with Gasteiger partial charge >= 0.3 is 0 Å². The lowest BCUT2D eigenvalue weighted by atomic mass is 10.1. The number of aromatic hydroxyl groups is 1. The molecule has 1 aromatic heterocycles. The third-order valence-corrected chi connectivity index (χ3v) is 3.53. The van der Waals surface area contributed by atoms with E-state index in [4.69, 9.17) is 11.6 Å². The van der Waals surface area contributed by atoms with Crippen LogP contribution < -0.4 is 0 Å². The Kier molecular flexibility index (Phi) is 3.41. The molecule has 2 aromatic rings. The molecule has 0 amide bonds. The Morgan fingerprint density at radius 1 is 1.44 bits per heavy atom. The SMILES string of the molecule is CC(Cl)c1nnc(Cc2cccc(O)c2)s1. The molecular formula is C11H11ClN2OS. The second-order valence-electron chi connectivity index (χ2n) is 3.50. The van der Waals surface area contributed by atoms with Gasteiger partial charge in [0.05, 0.1) is 5.38 Å². The highest BCUT2D eigenvalue weighted by molar-refractivity contribution is 7.11. The Morgan fingerprint density at radius 2 is 2.25 bits per heavy atom. The normalized spacial score (nSPS) is 12.6. The van der Waals surface area contributed by atoms with Crippen LogP contribution >= 0.6 is 22.9 Å². The summed E-state index contributed by atoms with van der Waals surface area (Å²) in [6, 6.07) is 7.14. The zero-order chi connectivity index (χ0) is 11.5. The van der Waals surface area contributed by atoms with E-state index in [-0.39, 0.29) is 11.1 Å². The number of aromatic nitrogens is 2. The monoisotopic (exact) mass is 254 g/mol. The van der Waals surface area contributed by atoms with Crippen LogP contribution in [0.1, 0.15) is 27.9 Å². The van der Waals surface area contributed by atoms with Crippen molar-refractivity contribution in [2.45, 2.75) is 18.7 Å². The first kappa shape index (κ1) is 11.4. The minimum atomic E-state index is -0.101. The standard InChI is InChI=1S/C11H11ClN2OS/c1-7(12)11-14-13-10(16-11)6-8-3-2-4-9(15)5-8/h2-5,7,15H,6H2,1H3. The molecule has 16 heavy (non-hydrogen) atoms. The van der Waals surface area contributed by atoms with Gasteiger partial charge < -0.3 is 5.11 Å².